The first-order valence-corrected chi connectivity index (χ1v) is 5.27. The molecular formula is C10H14F3N3O3. The molecule has 9 heteroatoms. The summed E-state index contributed by atoms with van der Waals surface area (Å²) in [5, 5.41) is 11.3. The van der Waals surface area contributed by atoms with Gasteiger partial charge in [-0.3, -0.25) is 0 Å². The van der Waals surface area contributed by atoms with Crippen molar-refractivity contribution >= 4 is 0 Å². The van der Waals surface area contributed by atoms with E-state index in [9.17, 15) is 13.2 Å². The molecule has 19 heavy (non-hydrogen) atoms. The van der Waals surface area contributed by atoms with E-state index in [1.807, 2.05) is 0 Å². The van der Waals surface area contributed by atoms with Gasteiger partial charge in [0.2, 0.25) is 11.8 Å². The molecule has 108 valence electrons. The van der Waals surface area contributed by atoms with Gasteiger partial charge < -0.3 is 19.9 Å². The van der Waals surface area contributed by atoms with E-state index in [0.29, 0.717) is 5.56 Å². The van der Waals surface area contributed by atoms with Crippen molar-refractivity contribution in [1.29, 1.82) is 0 Å². The Morgan fingerprint density at radius 3 is 2.21 bits per heavy atom. The van der Waals surface area contributed by atoms with Crippen LogP contribution in [0.4, 0.5) is 13.2 Å². The van der Waals surface area contributed by atoms with Crippen LogP contribution in [0.2, 0.25) is 0 Å². The number of hydrogen-bond acceptors (Lipinski definition) is 6. The molecule has 1 atom stereocenters. The van der Waals surface area contributed by atoms with Gasteiger partial charge in [0.15, 0.2) is 6.10 Å². The standard InChI is InChI=1S/C10H14F3N3O3/c1-18-8-6(9(19-2)16-5-15-8)3-14-4-7(17)10(11,12)13/h5,7,14,17H,3-4H2,1-2H3. The molecule has 0 aromatic carbocycles. The molecule has 0 amide bonds. The van der Waals surface area contributed by atoms with Crippen LogP contribution in [-0.2, 0) is 6.54 Å². The topological polar surface area (TPSA) is 76.5 Å². The van der Waals surface area contributed by atoms with Gasteiger partial charge in [-0.25, -0.2) is 9.97 Å². The zero-order chi connectivity index (χ0) is 14.5. The van der Waals surface area contributed by atoms with Crippen LogP contribution in [0.25, 0.3) is 0 Å². The molecule has 0 saturated heterocycles. The Labute approximate surface area is 107 Å². The van der Waals surface area contributed by atoms with E-state index < -0.39 is 18.8 Å². The number of nitrogens with one attached hydrogen (secondary N) is 1. The van der Waals surface area contributed by atoms with Crippen LogP contribution in [0.15, 0.2) is 6.33 Å². The molecule has 1 aromatic rings. The monoisotopic (exact) mass is 281 g/mol. The Kier molecular flexibility index (Phi) is 5.31. The predicted molar refractivity (Wildman–Crippen MR) is 58.9 cm³/mol. The number of nitrogens with zero attached hydrogens (tertiary/aromatic N) is 2. The number of ether oxygens (including phenoxy) is 2. The minimum absolute atomic E-state index is 0.0275. The molecule has 0 aliphatic heterocycles. The van der Waals surface area contributed by atoms with Crippen molar-refractivity contribution in [2.24, 2.45) is 0 Å². The number of halogens is 3. The van der Waals surface area contributed by atoms with Gasteiger partial charge in [-0.15, -0.1) is 0 Å². The molecule has 0 aliphatic rings. The Balaban J connectivity index is 2.67. The van der Waals surface area contributed by atoms with Gasteiger partial charge in [0.1, 0.15) is 6.33 Å². The molecule has 0 spiro atoms. The largest absolute Gasteiger partial charge is 0.481 e. The van der Waals surface area contributed by atoms with Gasteiger partial charge in [0.05, 0.1) is 19.8 Å². The number of aromatic nitrogens is 2. The molecule has 0 radical (unpaired) electrons. The van der Waals surface area contributed by atoms with E-state index in [2.05, 4.69) is 15.3 Å². The van der Waals surface area contributed by atoms with Crippen LogP contribution in [0, 0.1) is 0 Å². The minimum atomic E-state index is -4.66. The fourth-order valence-electron chi connectivity index (χ4n) is 1.33. The zero-order valence-corrected chi connectivity index (χ0v) is 10.4. The molecular weight excluding hydrogens is 267 g/mol. The van der Waals surface area contributed by atoms with Crippen molar-refractivity contribution in [1.82, 2.24) is 15.3 Å². The second-order valence-corrected chi connectivity index (χ2v) is 3.56. The SMILES string of the molecule is COc1ncnc(OC)c1CNCC(O)C(F)(F)F. The highest BCUT2D eigenvalue weighted by molar-refractivity contribution is 5.34. The van der Waals surface area contributed by atoms with Crippen molar-refractivity contribution in [3.63, 3.8) is 0 Å². The summed E-state index contributed by atoms with van der Waals surface area (Å²) in [5.74, 6) is 0.390. The van der Waals surface area contributed by atoms with E-state index in [4.69, 9.17) is 14.6 Å². The van der Waals surface area contributed by atoms with Gasteiger partial charge in [-0.1, -0.05) is 0 Å². The highest BCUT2D eigenvalue weighted by Gasteiger charge is 2.37. The van der Waals surface area contributed by atoms with E-state index >= 15 is 0 Å². The minimum Gasteiger partial charge on any atom is -0.481 e. The summed E-state index contributed by atoms with van der Waals surface area (Å²) >= 11 is 0. The van der Waals surface area contributed by atoms with E-state index in [1.54, 1.807) is 0 Å². The van der Waals surface area contributed by atoms with Crippen LogP contribution in [0.1, 0.15) is 5.56 Å². The van der Waals surface area contributed by atoms with Crippen molar-refractivity contribution in [2.75, 3.05) is 20.8 Å². The van der Waals surface area contributed by atoms with Crippen molar-refractivity contribution in [2.45, 2.75) is 18.8 Å². The molecule has 1 aromatic heterocycles. The molecule has 6 nitrogen and oxygen atoms in total. The van der Waals surface area contributed by atoms with Crippen LogP contribution in [0.3, 0.4) is 0 Å². The number of hydrogen-bond donors (Lipinski definition) is 2. The average molecular weight is 281 g/mol. The summed E-state index contributed by atoms with van der Waals surface area (Å²) < 4.78 is 46.2. The van der Waals surface area contributed by atoms with Gasteiger partial charge in [-0.2, -0.15) is 13.2 Å². The summed E-state index contributed by atoms with van der Waals surface area (Å²) in [6, 6.07) is 0. The molecule has 1 heterocycles. The zero-order valence-electron chi connectivity index (χ0n) is 10.4. The lowest BCUT2D eigenvalue weighted by Gasteiger charge is -2.16. The normalized spacial score (nSPS) is 13.2. The Morgan fingerprint density at radius 2 is 1.79 bits per heavy atom. The maximum atomic E-state index is 12.1. The van der Waals surface area contributed by atoms with E-state index in [-0.39, 0.29) is 18.3 Å². The van der Waals surface area contributed by atoms with Gasteiger partial charge in [0, 0.05) is 13.1 Å². The molecule has 0 fully saturated rings. The Morgan fingerprint density at radius 1 is 1.26 bits per heavy atom. The predicted octanol–water partition coefficient (Wildman–Crippen LogP) is 0.507. The van der Waals surface area contributed by atoms with Crippen molar-refractivity contribution < 1.29 is 27.8 Å². The van der Waals surface area contributed by atoms with Crippen LogP contribution in [-0.4, -0.2) is 48.1 Å². The first-order chi connectivity index (χ1) is 8.90. The maximum Gasteiger partial charge on any atom is 0.415 e. The Bertz CT molecular complexity index is 392. The molecule has 1 unspecified atom stereocenters. The fraction of sp³-hybridized carbons (Fsp3) is 0.600. The third-order valence-corrected chi connectivity index (χ3v) is 2.27. The van der Waals surface area contributed by atoms with Gasteiger partial charge >= 0.3 is 6.18 Å². The number of alkyl halides is 3. The second-order valence-electron chi connectivity index (χ2n) is 3.56. The number of rotatable bonds is 6. The molecule has 0 bridgehead atoms. The van der Waals surface area contributed by atoms with Crippen LogP contribution in [0.5, 0.6) is 11.8 Å². The molecule has 1 rings (SSSR count). The number of aliphatic hydroxyl groups excluding tert-OH is 1. The summed E-state index contributed by atoms with van der Waals surface area (Å²) in [4.78, 5) is 7.63. The average Bonchev–Trinajstić information content (AvgIpc) is 2.37. The van der Waals surface area contributed by atoms with E-state index in [0.717, 1.165) is 0 Å². The fourth-order valence-corrected chi connectivity index (χ4v) is 1.33. The van der Waals surface area contributed by atoms with Gasteiger partial charge in [-0.05, 0) is 0 Å². The van der Waals surface area contributed by atoms with Crippen LogP contribution >= 0.6 is 0 Å². The summed E-state index contributed by atoms with van der Waals surface area (Å²) in [5.41, 5.74) is 0.377. The van der Waals surface area contributed by atoms with Crippen LogP contribution < -0.4 is 14.8 Å². The third kappa shape index (κ3) is 4.21. The highest BCUT2D eigenvalue weighted by atomic mass is 19.4. The third-order valence-electron chi connectivity index (χ3n) is 2.27. The lowest BCUT2D eigenvalue weighted by Crippen LogP contribution is -2.38. The summed E-state index contributed by atoms with van der Waals surface area (Å²) in [6.07, 6.45) is -5.88. The van der Waals surface area contributed by atoms with E-state index in [1.165, 1.54) is 20.5 Å². The molecule has 2 N–H and O–H groups in total. The first kappa shape index (κ1) is 15.4. The maximum absolute atomic E-state index is 12.1. The smallest absolute Gasteiger partial charge is 0.415 e. The lowest BCUT2D eigenvalue weighted by atomic mass is 10.3. The summed E-state index contributed by atoms with van der Waals surface area (Å²) in [6.45, 7) is -0.676. The first-order valence-electron chi connectivity index (χ1n) is 5.27. The number of methoxy groups -OCH3 is 2. The van der Waals surface area contributed by atoms with Crippen molar-refractivity contribution in [3.05, 3.63) is 11.9 Å². The summed E-state index contributed by atoms with van der Waals surface area (Å²) in [7, 11) is 2.74. The molecule has 0 saturated carbocycles. The van der Waals surface area contributed by atoms with Gasteiger partial charge in [0.25, 0.3) is 0 Å². The number of aliphatic hydroxyl groups is 1. The second kappa shape index (κ2) is 6.53. The van der Waals surface area contributed by atoms with Crippen molar-refractivity contribution in [3.8, 4) is 11.8 Å². The highest BCUT2D eigenvalue weighted by Crippen LogP contribution is 2.23. The quantitative estimate of drug-likeness (QED) is 0.791. The Hall–Kier alpha value is -1.61. The lowest BCUT2D eigenvalue weighted by molar-refractivity contribution is -0.201. The molecule has 0 aliphatic carbocycles.